The second-order valence-electron chi connectivity index (χ2n) is 8.06. The number of carbonyl (C=O) groups is 1. The summed E-state index contributed by atoms with van der Waals surface area (Å²) in [4.78, 5) is 15.2. The Labute approximate surface area is 210 Å². The van der Waals surface area contributed by atoms with Gasteiger partial charge >= 0.3 is 6.03 Å². The zero-order valence-electron chi connectivity index (χ0n) is 20.4. The van der Waals surface area contributed by atoms with Crippen LogP contribution in [-0.4, -0.2) is 68.3 Å². The largest absolute Gasteiger partial charge is 0.491 e. The van der Waals surface area contributed by atoms with Gasteiger partial charge in [-0.25, -0.2) is 4.79 Å². The predicted octanol–water partition coefficient (Wildman–Crippen LogP) is 3.00. The quantitative estimate of drug-likeness (QED) is 0.204. The number of aliphatic hydroxyl groups excluding tert-OH is 1. The van der Waals surface area contributed by atoms with Crippen LogP contribution in [-0.2, 0) is 4.74 Å². The van der Waals surface area contributed by atoms with Crippen LogP contribution in [0.1, 0.15) is 18.9 Å². The molecule has 2 amide bonds. The third-order valence-corrected chi connectivity index (χ3v) is 5.13. The second kappa shape index (κ2) is 14.6. The van der Waals surface area contributed by atoms with Crippen LogP contribution in [0.25, 0.3) is 10.9 Å². The van der Waals surface area contributed by atoms with Crippen molar-refractivity contribution in [3.63, 3.8) is 0 Å². The summed E-state index contributed by atoms with van der Waals surface area (Å²) in [5, 5.41) is 29.2. The van der Waals surface area contributed by atoms with E-state index in [0.29, 0.717) is 55.7 Å². The number of nitrogens with zero attached hydrogens (tertiary/aromatic N) is 1. The number of hydrogen-bond acceptors (Lipinski definition) is 7. The number of nitrogens with one attached hydrogen (secondary N) is 4. The number of H-pyrrole nitrogens is 1. The SMILES string of the molecule is CCCOCCOc1ccc(OCC(O)CNCCNC(=O)Nc2ccc3[nH]ccc3c2)c(C#N)c1. The molecule has 0 radical (unpaired) electrons. The number of aliphatic hydroxyl groups is 1. The summed E-state index contributed by atoms with van der Waals surface area (Å²) in [6.07, 6.45) is 2.01. The number of hydrogen-bond donors (Lipinski definition) is 5. The minimum absolute atomic E-state index is 0.0162. The maximum atomic E-state index is 12.1. The van der Waals surface area contributed by atoms with Gasteiger partial charge in [0.05, 0.1) is 12.2 Å². The number of ether oxygens (including phenoxy) is 3. The molecule has 0 saturated carbocycles. The highest BCUT2D eigenvalue weighted by molar-refractivity contribution is 5.92. The van der Waals surface area contributed by atoms with E-state index < -0.39 is 6.10 Å². The van der Waals surface area contributed by atoms with Gasteiger partial charge in [-0.05, 0) is 42.8 Å². The number of rotatable bonds is 15. The molecular weight excluding hydrogens is 462 g/mol. The molecule has 10 nitrogen and oxygen atoms in total. The van der Waals surface area contributed by atoms with Gasteiger partial charge in [0.25, 0.3) is 0 Å². The number of benzene rings is 2. The van der Waals surface area contributed by atoms with Gasteiger partial charge in [0.1, 0.15) is 36.9 Å². The van der Waals surface area contributed by atoms with Crippen molar-refractivity contribution < 1.29 is 24.1 Å². The number of carbonyl (C=O) groups excluding carboxylic acids is 1. The molecular formula is C26H33N5O5. The van der Waals surface area contributed by atoms with Crippen LogP contribution in [0.4, 0.5) is 10.5 Å². The number of fused-ring (bicyclic) bond motifs is 1. The van der Waals surface area contributed by atoms with Crippen LogP contribution in [0, 0.1) is 11.3 Å². The van der Waals surface area contributed by atoms with Crippen molar-refractivity contribution in [1.29, 1.82) is 5.26 Å². The van der Waals surface area contributed by atoms with Crippen LogP contribution in [0.3, 0.4) is 0 Å². The summed E-state index contributed by atoms with van der Waals surface area (Å²) >= 11 is 0. The van der Waals surface area contributed by atoms with Gasteiger partial charge in [-0.1, -0.05) is 6.92 Å². The first kappa shape index (κ1) is 26.8. The number of amides is 2. The molecule has 2 aromatic carbocycles. The summed E-state index contributed by atoms with van der Waals surface area (Å²) in [5.41, 5.74) is 2.04. The van der Waals surface area contributed by atoms with E-state index in [4.69, 9.17) is 14.2 Å². The molecule has 1 unspecified atom stereocenters. The number of urea groups is 1. The average molecular weight is 496 g/mol. The Morgan fingerprint density at radius 1 is 1.11 bits per heavy atom. The van der Waals surface area contributed by atoms with Crippen LogP contribution in [0.2, 0.25) is 0 Å². The fourth-order valence-electron chi connectivity index (χ4n) is 3.36. The Morgan fingerprint density at radius 2 is 2.00 bits per heavy atom. The van der Waals surface area contributed by atoms with E-state index in [0.717, 1.165) is 17.3 Å². The minimum Gasteiger partial charge on any atom is -0.491 e. The smallest absolute Gasteiger partial charge is 0.319 e. The van der Waals surface area contributed by atoms with Gasteiger partial charge in [0.15, 0.2) is 0 Å². The number of anilines is 1. The summed E-state index contributed by atoms with van der Waals surface area (Å²) in [6.45, 7) is 4.75. The molecule has 1 atom stereocenters. The van der Waals surface area contributed by atoms with Gasteiger partial charge in [0.2, 0.25) is 0 Å². The van der Waals surface area contributed by atoms with Crippen molar-refractivity contribution >= 4 is 22.6 Å². The van der Waals surface area contributed by atoms with Crippen molar-refractivity contribution in [3.8, 4) is 17.6 Å². The molecule has 3 aromatic rings. The third-order valence-electron chi connectivity index (χ3n) is 5.13. The molecule has 10 heteroatoms. The predicted molar refractivity (Wildman–Crippen MR) is 137 cm³/mol. The third kappa shape index (κ3) is 8.78. The molecule has 1 aromatic heterocycles. The van der Waals surface area contributed by atoms with E-state index in [-0.39, 0.29) is 19.2 Å². The van der Waals surface area contributed by atoms with E-state index in [1.54, 1.807) is 18.2 Å². The Morgan fingerprint density at radius 3 is 2.83 bits per heavy atom. The average Bonchev–Trinajstić information content (AvgIpc) is 3.35. The van der Waals surface area contributed by atoms with Gasteiger partial charge in [-0.3, -0.25) is 0 Å². The molecule has 192 valence electrons. The Balaban J connectivity index is 1.29. The number of nitriles is 1. The lowest BCUT2D eigenvalue weighted by atomic mass is 10.2. The van der Waals surface area contributed by atoms with E-state index in [2.05, 4.69) is 27.0 Å². The molecule has 0 aliphatic heterocycles. The molecule has 0 fully saturated rings. The van der Waals surface area contributed by atoms with Gasteiger partial charge in [-0.15, -0.1) is 0 Å². The molecule has 36 heavy (non-hydrogen) atoms. The van der Waals surface area contributed by atoms with Crippen LogP contribution in [0.15, 0.2) is 48.7 Å². The number of aromatic amines is 1. The molecule has 0 bridgehead atoms. The Bertz CT molecular complexity index is 1140. The molecule has 5 N–H and O–H groups in total. The monoisotopic (exact) mass is 495 g/mol. The van der Waals surface area contributed by atoms with Gasteiger partial charge in [0, 0.05) is 55.1 Å². The van der Waals surface area contributed by atoms with E-state index in [9.17, 15) is 15.2 Å². The maximum absolute atomic E-state index is 12.1. The normalized spacial score (nSPS) is 11.6. The highest BCUT2D eigenvalue weighted by Gasteiger charge is 2.10. The molecule has 0 saturated heterocycles. The molecule has 0 spiro atoms. The highest BCUT2D eigenvalue weighted by atomic mass is 16.5. The van der Waals surface area contributed by atoms with E-state index in [1.807, 2.05) is 37.4 Å². The first-order valence-electron chi connectivity index (χ1n) is 12.0. The van der Waals surface area contributed by atoms with Crippen LogP contribution < -0.4 is 25.4 Å². The first-order valence-corrected chi connectivity index (χ1v) is 12.0. The van der Waals surface area contributed by atoms with Crippen LogP contribution >= 0.6 is 0 Å². The molecule has 1 heterocycles. The second-order valence-corrected chi connectivity index (χ2v) is 8.06. The Kier molecular flexibility index (Phi) is 10.9. The standard InChI is InChI=1S/C26H33N5O5/c1-2-11-34-12-13-35-23-4-6-25(20(15-23)16-27)36-18-22(32)17-28-9-10-30-26(33)31-21-3-5-24-19(14-21)7-8-29-24/h3-8,14-15,22,28-29,32H,2,9-13,17-18H2,1H3,(H2,30,31,33). The summed E-state index contributed by atoms with van der Waals surface area (Å²) in [5.74, 6) is 0.935. The van der Waals surface area contributed by atoms with Crippen molar-refractivity contribution in [3.05, 3.63) is 54.2 Å². The lowest BCUT2D eigenvalue weighted by Gasteiger charge is -2.15. The summed E-state index contributed by atoms with van der Waals surface area (Å²) in [7, 11) is 0. The molecule has 3 rings (SSSR count). The minimum atomic E-state index is -0.787. The van der Waals surface area contributed by atoms with Crippen molar-refractivity contribution in [2.24, 2.45) is 0 Å². The van der Waals surface area contributed by atoms with Gasteiger partial charge < -0.3 is 40.3 Å². The molecule has 0 aliphatic carbocycles. The summed E-state index contributed by atoms with van der Waals surface area (Å²) in [6, 6.07) is 14.3. The zero-order chi connectivity index (χ0) is 25.6. The summed E-state index contributed by atoms with van der Waals surface area (Å²) < 4.78 is 16.6. The Hall–Kier alpha value is -3.78. The lowest BCUT2D eigenvalue weighted by molar-refractivity contribution is 0.100. The van der Waals surface area contributed by atoms with Crippen molar-refractivity contribution in [2.45, 2.75) is 19.4 Å². The fourth-order valence-corrected chi connectivity index (χ4v) is 3.36. The first-order chi connectivity index (χ1) is 17.6. The topological polar surface area (TPSA) is 141 Å². The zero-order valence-corrected chi connectivity index (χ0v) is 20.4. The van der Waals surface area contributed by atoms with Gasteiger partial charge in [-0.2, -0.15) is 5.26 Å². The molecule has 0 aliphatic rings. The maximum Gasteiger partial charge on any atom is 0.319 e. The highest BCUT2D eigenvalue weighted by Crippen LogP contribution is 2.24. The fraction of sp³-hybridized carbons (Fsp3) is 0.385. The van der Waals surface area contributed by atoms with Crippen molar-refractivity contribution in [1.82, 2.24) is 15.6 Å². The van der Waals surface area contributed by atoms with Crippen LogP contribution in [0.5, 0.6) is 11.5 Å². The lowest BCUT2D eigenvalue weighted by Crippen LogP contribution is -2.38. The van der Waals surface area contributed by atoms with Crippen molar-refractivity contribution in [2.75, 3.05) is 51.4 Å². The van der Waals surface area contributed by atoms with E-state index >= 15 is 0 Å². The number of aromatic nitrogens is 1. The van der Waals surface area contributed by atoms with E-state index in [1.165, 1.54) is 0 Å².